The Bertz CT molecular complexity index is 1020. The highest BCUT2D eigenvalue weighted by Gasteiger charge is 2.25. The van der Waals surface area contributed by atoms with Crippen molar-refractivity contribution in [2.75, 3.05) is 31.1 Å². The number of hydrogen-bond donors (Lipinski definition) is 0. The lowest BCUT2D eigenvalue weighted by Gasteiger charge is -2.34. The first kappa shape index (κ1) is 18.0. The molecule has 1 fully saturated rings. The van der Waals surface area contributed by atoms with Gasteiger partial charge in [-0.2, -0.15) is 0 Å². The van der Waals surface area contributed by atoms with Gasteiger partial charge in [-0.25, -0.2) is 4.98 Å². The number of piperazine rings is 1. The van der Waals surface area contributed by atoms with Crippen molar-refractivity contribution in [2.24, 2.45) is 0 Å². The quantitative estimate of drug-likeness (QED) is 0.658. The summed E-state index contributed by atoms with van der Waals surface area (Å²) >= 11 is 1.75. The van der Waals surface area contributed by atoms with Gasteiger partial charge in [0.05, 0.1) is 10.2 Å². The van der Waals surface area contributed by atoms with E-state index in [9.17, 15) is 4.79 Å². The molecule has 1 amide bonds. The normalized spacial score (nSPS) is 14.8. The van der Waals surface area contributed by atoms with Crippen molar-refractivity contribution in [3.63, 3.8) is 0 Å². The molecule has 2 aromatic carbocycles. The number of aryl methyl sites for hydroxylation is 4. The van der Waals surface area contributed by atoms with Crippen molar-refractivity contribution in [1.82, 2.24) is 9.88 Å². The van der Waals surface area contributed by atoms with E-state index < -0.39 is 0 Å². The van der Waals surface area contributed by atoms with Crippen LogP contribution in [0.5, 0.6) is 0 Å². The van der Waals surface area contributed by atoms with Gasteiger partial charge in [0.15, 0.2) is 5.13 Å². The maximum absolute atomic E-state index is 12.9. The van der Waals surface area contributed by atoms with E-state index in [-0.39, 0.29) is 5.91 Å². The predicted octanol–water partition coefficient (Wildman–Crippen LogP) is 4.49. The SMILES string of the molecule is Cc1ccc(C(=O)N2CCN(c3nc4c(C)cc(C)cc4s3)CC2)c(C)c1. The van der Waals surface area contributed by atoms with E-state index in [0.717, 1.165) is 48.0 Å². The number of hydrogen-bond acceptors (Lipinski definition) is 4. The molecule has 0 saturated carbocycles. The number of benzene rings is 2. The number of carbonyl (C=O) groups is 1. The average molecular weight is 380 g/mol. The van der Waals surface area contributed by atoms with Crippen molar-refractivity contribution in [3.05, 3.63) is 58.1 Å². The average Bonchev–Trinajstić information content (AvgIpc) is 3.06. The molecule has 1 aromatic heterocycles. The molecule has 27 heavy (non-hydrogen) atoms. The minimum atomic E-state index is 0.142. The summed E-state index contributed by atoms with van der Waals surface area (Å²) in [5.74, 6) is 0.142. The smallest absolute Gasteiger partial charge is 0.254 e. The molecule has 0 spiro atoms. The number of fused-ring (bicyclic) bond motifs is 1. The highest BCUT2D eigenvalue weighted by atomic mass is 32.1. The van der Waals surface area contributed by atoms with Gasteiger partial charge in [0, 0.05) is 31.7 Å². The fraction of sp³-hybridized carbons (Fsp3) is 0.364. The van der Waals surface area contributed by atoms with Crippen LogP contribution >= 0.6 is 11.3 Å². The van der Waals surface area contributed by atoms with Crippen molar-refractivity contribution in [2.45, 2.75) is 27.7 Å². The first-order valence-electron chi connectivity index (χ1n) is 9.41. The third-order valence-electron chi connectivity index (χ3n) is 5.27. The summed E-state index contributed by atoms with van der Waals surface area (Å²) in [6.45, 7) is 11.5. The highest BCUT2D eigenvalue weighted by molar-refractivity contribution is 7.22. The molecule has 1 aliphatic rings. The third-order valence-corrected chi connectivity index (χ3v) is 6.33. The van der Waals surface area contributed by atoms with Crippen LogP contribution in [0.3, 0.4) is 0 Å². The third kappa shape index (κ3) is 3.44. The number of nitrogens with zero attached hydrogens (tertiary/aromatic N) is 3. The Balaban J connectivity index is 1.49. The second kappa shape index (κ2) is 6.97. The highest BCUT2D eigenvalue weighted by Crippen LogP contribution is 2.32. The maximum atomic E-state index is 12.9. The van der Waals surface area contributed by atoms with Crippen LogP contribution in [0, 0.1) is 27.7 Å². The van der Waals surface area contributed by atoms with E-state index in [1.807, 2.05) is 24.0 Å². The second-order valence-electron chi connectivity index (χ2n) is 7.52. The van der Waals surface area contributed by atoms with E-state index in [1.54, 1.807) is 11.3 Å². The van der Waals surface area contributed by atoms with Gasteiger partial charge in [0.1, 0.15) is 0 Å². The molecule has 0 atom stereocenters. The number of rotatable bonds is 2. The molecule has 0 bridgehead atoms. The van der Waals surface area contributed by atoms with Crippen LogP contribution in [0.15, 0.2) is 30.3 Å². The zero-order chi connectivity index (χ0) is 19.1. The first-order chi connectivity index (χ1) is 12.9. The molecular weight excluding hydrogens is 354 g/mol. The standard InChI is InChI=1S/C22H25N3OS/c1-14-5-6-18(16(3)11-14)21(26)24-7-9-25(10-8-24)22-23-20-17(4)12-15(2)13-19(20)27-22/h5-6,11-13H,7-10H2,1-4H3. The van der Waals surface area contributed by atoms with Crippen LogP contribution in [-0.4, -0.2) is 42.0 Å². The van der Waals surface area contributed by atoms with Crippen LogP contribution in [-0.2, 0) is 0 Å². The van der Waals surface area contributed by atoms with Crippen LogP contribution in [0.2, 0.25) is 0 Å². The fourth-order valence-electron chi connectivity index (χ4n) is 3.82. The number of aromatic nitrogens is 1. The van der Waals surface area contributed by atoms with E-state index in [0.29, 0.717) is 0 Å². The summed E-state index contributed by atoms with van der Waals surface area (Å²) < 4.78 is 1.25. The maximum Gasteiger partial charge on any atom is 0.254 e. The van der Waals surface area contributed by atoms with Crippen LogP contribution in [0.4, 0.5) is 5.13 Å². The lowest BCUT2D eigenvalue weighted by molar-refractivity contribution is 0.0746. The van der Waals surface area contributed by atoms with Crippen LogP contribution < -0.4 is 4.90 Å². The van der Waals surface area contributed by atoms with Gasteiger partial charge in [-0.1, -0.05) is 35.1 Å². The molecule has 3 aromatic rings. The number of anilines is 1. The minimum Gasteiger partial charge on any atom is -0.345 e. The largest absolute Gasteiger partial charge is 0.345 e. The lowest BCUT2D eigenvalue weighted by Crippen LogP contribution is -2.48. The van der Waals surface area contributed by atoms with E-state index in [4.69, 9.17) is 4.98 Å². The zero-order valence-electron chi connectivity index (χ0n) is 16.4. The van der Waals surface area contributed by atoms with Gasteiger partial charge in [-0.05, 0) is 56.5 Å². The Morgan fingerprint density at radius 2 is 1.63 bits per heavy atom. The van der Waals surface area contributed by atoms with Crippen molar-refractivity contribution in [3.8, 4) is 0 Å². The van der Waals surface area contributed by atoms with E-state index >= 15 is 0 Å². The van der Waals surface area contributed by atoms with Gasteiger partial charge in [0.2, 0.25) is 0 Å². The van der Waals surface area contributed by atoms with Gasteiger partial charge in [0.25, 0.3) is 5.91 Å². The molecule has 5 heteroatoms. The molecule has 4 rings (SSSR count). The first-order valence-corrected chi connectivity index (χ1v) is 10.2. The molecule has 0 unspecified atom stereocenters. The monoisotopic (exact) mass is 379 g/mol. The molecule has 0 N–H and O–H groups in total. The van der Waals surface area contributed by atoms with Gasteiger partial charge >= 0.3 is 0 Å². The Labute approximate surface area is 164 Å². The molecule has 2 heterocycles. The van der Waals surface area contributed by atoms with Gasteiger partial charge in [-0.3, -0.25) is 4.79 Å². The Hall–Kier alpha value is -2.40. The van der Waals surface area contributed by atoms with E-state index in [2.05, 4.69) is 43.9 Å². The minimum absolute atomic E-state index is 0.142. The molecule has 0 aliphatic carbocycles. The zero-order valence-corrected chi connectivity index (χ0v) is 17.2. The summed E-state index contributed by atoms with van der Waals surface area (Å²) in [5, 5.41) is 1.07. The van der Waals surface area contributed by atoms with Crippen LogP contribution in [0.1, 0.15) is 32.6 Å². The predicted molar refractivity (Wildman–Crippen MR) is 113 cm³/mol. The topological polar surface area (TPSA) is 36.4 Å². The summed E-state index contributed by atoms with van der Waals surface area (Å²) in [5.41, 5.74) is 6.68. The van der Waals surface area contributed by atoms with Crippen molar-refractivity contribution in [1.29, 1.82) is 0 Å². The summed E-state index contributed by atoms with van der Waals surface area (Å²) in [4.78, 5) is 22.0. The van der Waals surface area contributed by atoms with Crippen molar-refractivity contribution < 1.29 is 4.79 Å². The van der Waals surface area contributed by atoms with Gasteiger partial charge < -0.3 is 9.80 Å². The molecule has 0 radical (unpaired) electrons. The summed E-state index contributed by atoms with van der Waals surface area (Å²) in [7, 11) is 0. The Morgan fingerprint density at radius 1 is 0.926 bits per heavy atom. The number of carbonyl (C=O) groups excluding carboxylic acids is 1. The molecule has 4 nitrogen and oxygen atoms in total. The Kier molecular flexibility index (Phi) is 4.64. The number of thiazole rings is 1. The molecule has 1 saturated heterocycles. The fourth-order valence-corrected chi connectivity index (χ4v) is 5.01. The van der Waals surface area contributed by atoms with Crippen LogP contribution in [0.25, 0.3) is 10.2 Å². The van der Waals surface area contributed by atoms with E-state index in [1.165, 1.54) is 21.4 Å². The Morgan fingerprint density at radius 3 is 2.33 bits per heavy atom. The summed E-state index contributed by atoms with van der Waals surface area (Å²) in [6, 6.07) is 10.4. The van der Waals surface area contributed by atoms with Crippen molar-refractivity contribution >= 4 is 32.6 Å². The molecule has 140 valence electrons. The molecule has 1 aliphatic heterocycles. The van der Waals surface area contributed by atoms with Gasteiger partial charge in [-0.15, -0.1) is 0 Å². The number of amides is 1. The lowest BCUT2D eigenvalue weighted by atomic mass is 10.0. The summed E-state index contributed by atoms with van der Waals surface area (Å²) in [6.07, 6.45) is 0. The molecular formula is C22H25N3OS. The second-order valence-corrected chi connectivity index (χ2v) is 8.53.